The zero-order valence-corrected chi connectivity index (χ0v) is 67.6. The minimum Gasteiger partial charge on any atom is -0.394 e. The maximum atomic E-state index is 14.5. The molecule has 6 aliphatic heterocycles. The highest BCUT2D eigenvalue weighted by Crippen LogP contribution is 2.56. The summed E-state index contributed by atoms with van der Waals surface area (Å²) in [6.45, 7) is -1.13. The monoisotopic (exact) mass is 1830 g/mol. The summed E-state index contributed by atoms with van der Waals surface area (Å²) in [5.74, 6) is -1.45. The molecular formula is C60H76N23O35P5. The number of aliphatic hydroxyl groups is 2. The molecule has 5 unspecified atom stereocenters. The van der Waals surface area contributed by atoms with Crippen molar-refractivity contribution < 1.29 is 131 Å². The number of imidazole rings is 3. The van der Waals surface area contributed by atoms with Crippen LogP contribution in [0.25, 0.3) is 39.6 Å². The minimum absolute atomic E-state index is 0.0196. The molecule has 0 spiro atoms. The molecule has 0 aromatic carbocycles. The summed E-state index contributed by atoms with van der Waals surface area (Å²) < 4.78 is 168. The Hall–Kier alpha value is -9.54. The third kappa shape index (κ3) is 19.5. The topological polar surface area (TPSA) is 820 Å². The lowest BCUT2D eigenvalue weighted by molar-refractivity contribution is -0.0648. The molecule has 666 valence electrons. The second kappa shape index (κ2) is 34.8. The summed E-state index contributed by atoms with van der Waals surface area (Å²) in [5, 5.41) is 21.2. The van der Waals surface area contributed by atoms with Crippen LogP contribution in [0.3, 0.4) is 0 Å². The van der Waals surface area contributed by atoms with E-state index < -0.39 is 260 Å². The highest BCUT2D eigenvalue weighted by Gasteiger charge is 2.52. The highest BCUT2D eigenvalue weighted by molar-refractivity contribution is 7.48. The number of hydrogen-bond donors (Lipinski definition) is 16. The number of ether oxygens (including phenoxy) is 6. The fraction of sp³-hybridized carbons (Fsp3) is 0.517. The van der Waals surface area contributed by atoms with E-state index in [0.29, 0.717) is 0 Å². The molecule has 0 aliphatic carbocycles. The first kappa shape index (κ1) is 88.3. The van der Waals surface area contributed by atoms with Gasteiger partial charge in [0.25, 0.3) is 22.2 Å². The highest BCUT2D eigenvalue weighted by atomic mass is 31.2. The van der Waals surface area contributed by atoms with E-state index in [4.69, 9.17) is 102 Å². The van der Waals surface area contributed by atoms with Crippen molar-refractivity contribution >= 4 is 108 Å². The molecule has 0 bridgehead atoms. The number of aromatic nitrogens is 18. The first-order chi connectivity index (χ1) is 58.1. The molecule has 6 saturated heterocycles. The number of aromatic amines is 4. The van der Waals surface area contributed by atoms with Crippen LogP contribution in [0.1, 0.15) is 87.0 Å². The maximum absolute atomic E-state index is 14.5. The van der Waals surface area contributed by atoms with Gasteiger partial charge < -0.3 is 91.8 Å². The van der Waals surface area contributed by atoms with Crippen LogP contribution in [0.15, 0.2) is 83.8 Å². The molecule has 123 heavy (non-hydrogen) atoms. The Balaban J connectivity index is 0.635. The number of phosphoric ester groups is 5. The molecule has 15 rings (SSSR count). The van der Waals surface area contributed by atoms with Crippen LogP contribution >= 0.6 is 39.1 Å². The molecule has 9 aromatic rings. The van der Waals surface area contributed by atoms with Gasteiger partial charge in [-0.1, -0.05) is 12.7 Å². The van der Waals surface area contributed by atoms with E-state index in [-0.39, 0.29) is 81.0 Å². The fourth-order valence-electron chi connectivity index (χ4n) is 14.3. The Morgan fingerprint density at radius 1 is 0.447 bits per heavy atom. The number of phosphoric acid groups is 5. The molecule has 23 atom stereocenters. The van der Waals surface area contributed by atoms with Gasteiger partial charge in [0.15, 0.2) is 33.5 Å². The summed E-state index contributed by atoms with van der Waals surface area (Å²) in [7, 11) is -27.6. The lowest BCUT2D eigenvalue weighted by Crippen LogP contribution is -2.33. The lowest BCUT2D eigenvalue weighted by atomic mass is 10.2. The number of nitrogen functional groups attached to an aromatic ring is 5. The summed E-state index contributed by atoms with van der Waals surface area (Å²) in [6.07, 6.45) is -22.4. The van der Waals surface area contributed by atoms with Gasteiger partial charge in [-0.2, -0.15) is 24.9 Å². The zero-order valence-electron chi connectivity index (χ0n) is 63.1. The van der Waals surface area contributed by atoms with E-state index in [1.807, 2.05) is 0 Å². The van der Waals surface area contributed by atoms with E-state index in [2.05, 4.69) is 66.4 Å². The second-order valence-corrected chi connectivity index (χ2v) is 35.3. The second-order valence-electron chi connectivity index (χ2n) is 28.3. The number of H-pyrrole nitrogens is 4. The van der Waals surface area contributed by atoms with E-state index in [0.717, 1.165) is 43.3 Å². The first-order valence-corrected chi connectivity index (χ1v) is 44.0. The normalized spacial score (nSPS) is 29.2. The number of nitrogens with zero attached hydrogens (tertiary/aromatic N) is 14. The van der Waals surface area contributed by atoms with Gasteiger partial charge >= 0.3 is 56.2 Å². The average Bonchev–Trinajstić information content (AvgIpc) is 1.62. The zero-order chi connectivity index (χ0) is 87.8. The Morgan fingerprint density at radius 2 is 0.780 bits per heavy atom. The molecule has 58 nitrogen and oxygen atoms in total. The third-order valence-electron chi connectivity index (χ3n) is 20.1. The van der Waals surface area contributed by atoms with Crippen molar-refractivity contribution in [2.45, 2.75) is 156 Å². The van der Waals surface area contributed by atoms with Crippen molar-refractivity contribution in [3.8, 4) is 0 Å². The fourth-order valence-corrected chi connectivity index (χ4v) is 19.1. The van der Waals surface area contributed by atoms with Gasteiger partial charge in [0.05, 0.1) is 64.7 Å². The van der Waals surface area contributed by atoms with Crippen LogP contribution in [0.2, 0.25) is 0 Å². The van der Waals surface area contributed by atoms with Gasteiger partial charge in [0.2, 0.25) is 17.8 Å². The van der Waals surface area contributed by atoms with Crippen LogP contribution in [0, 0.1) is 6.92 Å². The smallest absolute Gasteiger partial charge is 0.394 e. The molecule has 0 amide bonds. The minimum atomic E-state index is -5.67. The van der Waals surface area contributed by atoms with Crippen molar-refractivity contribution in [1.29, 1.82) is 0 Å². The molecule has 0 saturated carbocycles. The Kier molecular flexibility index (Phi) is 25.0. The molecule has 15 heterocycles. The number of aliphatic hydroxyl groups excluding tert-OH is 2. The summed E-state index contributed by atoms with van der Waals surface area (Å²) in [4.78, 5) is 188. The standard InChI is InChI=1S/C60H76N23O35P5/c1-3-24-13-80(59(91)70-47(24)62)38-6-25(85)32(109-38)15-103-119(93,94)117-29-10-42(82-21-67-45-49(82)72-56(64)75-53(45)88)112-35(29)18-106-121(97,98)115-27-8-39(78-5-4-37(61)69-58(78)90)110-33(27)16-105-123(101,102)118-30-11-43(83-22-68-46-50(83)73-57(65)76-54(46)89)113-36(30)19-107-122(99,100)116-28-9-40(79-12-23(2)51(86)77-60(79)92)111-34(28)17-104-120(95,96)114-26-7-41(108-31(26)14-84)81-20-66-44-48(81)71-55(63)74-52(44)87/h3-5,12-13,20-22,25-36,38-43,84-85H,1,6-11,14-19H2,2H3,(H,93,94)(H,95,96)(H,97,98)(H,99,100)(H,101,102)(H2,61,69,90)(H2,62,70,91)(H,77,86,92)(H3,63,71,74,87)(H3,64,72,75,88)(H3,65,73,76,89)/t25-,26-,27-,28-,29-,30-,31+,32+,33+,34+,35+,36+,38+,39+,40+,41+,42+,43+/m0/s1. The molecule has 9 aromatic heterocycles. The molecular weight excluding hydrogens is 1760 g/mol. The third-order valence-corrected chi connectivity index (χ3v) is 25.1. The van der Waals surface area contributed by atoms with Crippen molar-refractivity contribution in [2.75, 3.05) is 68.3 Å². The van der Waals surface area contributed by atoms with Crippen molar-refractivity contribution in [3.63, 3.8) is 0 Å². The van der Waals surface area contributed by atoms with Crippen LogP contribution < -0.4 is 68.0 Å². The summed E-state index contributed by atoms with van der Waals surface area (Å²) >= 11 is 0. The number of fused-ring (bicyclic) bond motifs is 3. The Labute approximate surface area is 682 Å². The molecule has 6 fully saturated rings. The Bertz CT molecular complexity index is 6260. The number of hydrogen-bond acceptors (Lipinski definition) is 43. The molecule has 6 aliphatic rings. The molecule has 63 heteroatoms. The lowest BCUT2D eigenvalue weighted by Gasteiger charge is -2.26. The van der Waals surface area contributed by atoms with E-state index in [9.17, 15) is 91.1 Å². The summed E-state index contributed by atoms with van der Waals surface area (Å²) in [6, 6.07) is 1.17. The predicted molar refractivity (Wildman–Crippen MR) is 407 cm³/mol. The van der Waals surface area contributed by atoms with E-state index >= 15 is 0 Å². The number of nitrogens with two attached hydrogens (primary N) is 5. The Morgan fingerprint density at radius 3 is 1.15 bits per heavy atom. The number of aryl methyl sites for hydroxylation is 1. The van der Waals surface area contributed by atoms with Gasteiger partial charge in [-0.3, -0.25) is 112 Å². The number of anilines is 5. The van der Waals surface area contributed by atoms with Gasteiger partial charge in [0, 0.05) is 68.2 Å². The predicted octanol–water partition coefficient (Wildman–Crippen LogP) is -3.10. The van der Waals surface area contributed by atoms with E-state index in [1.165, 1.54) is 40.7 Å². The summed E-state index contributed by atoms with van der Waals surface area (Å²) in [5.41, 5.74) is 22.1. The largest absolute Gasteiger partial charge is 0.472 e. The number of rotatable bonds is 33. The quantitative estimate of drug-likeness (QED) is 0.0181. The number of nitrogens with one attached hydrogen (secondary N) is 4. The van der Waals surface area contributed by atoms with Crippen LogP contribution in [-0.2, 0) is 96.5 Å². The van der Waals surface area contributed by atoms with Gasteiger partial charge in [-0.15, -0.1) is 0 Å². The van der Waals surface area contributed by atoms with Gasteiger partial charge in [0.1, 0.15) is 116 Å². The molecule has 0 radical (unpaired) electrons. The molecule has 21 N–H and O–H groups in total. The van der Waals surface area contributed by atoms with Gasteiger partial charge in [-0.25, -0.2) is 52.2 Å². The van der Waals surface area contributed by atoms with Crippen LogP contribution in [-0.4, -0.2) is 235 Å². The van der Waals surface area contributed by atoms with E-state index in [1.54, 1.807) is 0 Å². The average molecular weight is 1830 g/mol. The van der Waals surface area contributed by atoms with Crippen LogP contribution in [0.5, 0.6) is 0 Å². The van der Waals surface area contributed by atoms with Crippen LogP contribution in [0.4, 0.5) is 29.5 Å². The van der Waals surface area contributed by atoms with Crippen molar-refractivity contribution in [3.05, 3.63) is 134 Å². The van der Waals surface area contributed by atoms with Gasteiger partial charge in [-0.05, 0) is 13.0 Å². The first-order valence-electron chi connectivity index (χ1n) is 36.5. The maximum Gasteiger partial charge on any atom is 0.472 e. The van der Waals surface area contributed by atoms with Crippen molar-refractivity contribution in [1.82, 2.24) is 87.2 Å². The van der Waals surface area contributed by atoms with Crippen molar-refractivity contribution in [2.24, 2.45) is 0 Å². The SMILES string of the molecule is C=Cc1cn([C@H]2C[C@H](O)[C@@H](COP(=O)(O)O[C@H]3C[C@H](n4cnc5c(=O)[nH]c(N)nc54)O[C@@H]3COP(=O)(O)O[C@H]3C[C@H](n4ccc(N)nc4=O)O[C@@H]3COP(=O)(O)O[C@H]3C[C@H](n4cnc5c(=O)[nH]c(N)nc54)O[C@@H]3COP(=O)(O)O[C@H]3C[C@H](n4cc(C)c(=O)[nH]c4=O)O[C@@H]3COP(=O)(O)O[C@H]3C[C@H](n4cnc5c(=O)[nH]c(N)nc54)O[C@@H]3CO)O2)c(=O)nc1N.